The third-order valence-corrected chi connectivity index (χ3v) is 2.56. The molecule has 3 N–H and O–H groups in total. The van der Waals surface area contributed by atoms with E-state index in [1.165, 1.54) is 25.5 Å². The number of nitrogens with one attached hydrogen (secondary N) is 3. The van der Waals surface area contributed by atoms with Crippen LogP contribution in [-0.4, -0.2) is 39.4 Å². The SMILES string of the molecule is CNc1cc(Nc2cnc(C#N)cn2)nnc1C(=O)NC(F)(F)F. The highest BCUT2D eigenvalue weighted by Gasteiger charge is 2.32. The quantitative estimate of drug-likeness (QED) is 0.709. The lowest BCUT2D eigenvalue weighted by atomic mass is 10.3. The summed E-state index contributed by atoms with van der Waals surface area (Å²) in [6.07, 6.45) is -2.39. The topological polar surface area (TPSA) is 129 Å². The number of carbonyl (C=O) groups excluding carboxylic acids is 1. The summed E-state index contributed by atoms with van der Waals surface area (Å²) in [5, 5.41) is 21.8. The third kappa shape index (κ3) is 4.26. The van der Waals surface area contributed by atoms with Crippen LogP contribution in [0.3, 0.4) is 0 Å². The van der Waals surface area contributed by atoms with Gasteiger partial charge < -0.3 is 10.6 Å². The molecule has 0 bridgehead atoms. The first-order valence-corrected chi connectivity index (χ1v) is 6.26. The summed E-state index contributed by atoms with van der Waals surface area (Å²) >= 11 is 0. The standard InChI is InChI=1S/C12H9F3N8O/c1-17-7-2-8(20-9-5-18-6(3-16)4-19-9)22-23-10(7)11(24)21-12(13,14)15/h2,4-5H,1H3,(H,21,24)(H2,17,19,20,22). The van der Waals surface area contributed by atoms with Gasteiger partial charge in [-0.15, -0.1) is 10.2 Å². The molecule has 1 amide bonds. The van der Waals surface area contributed by atoms with Crippen molar-refractivity contribution in [1.29, 1.82) is 5.26 Å². The van der Waals surface area contributed by atoms with Gasteiger partial charge in [-0.05, 0) is 0 Å². The highest BCUT2D eigenvalue weighted by molar-refractivity contribution is 5.98. The number of nitrogens with zero attached hydrogens (tertiary/aromatic N) is 5. The van der Waals surface area contributed by atoms with E-state index in [-0.39, 0.29) is 23.0 Å². The van der Waals surface area contributed by atoms with Crippen molar-refractivity contribution < 1.29 is 18.0 Å². The van der Waals surface area contributed by atoms with Crippen molar-refractivity contribution >= 4 is 23.2 Å². The molecular formula is C12H9F3N8O. The Morgan fingerprint density at radius 3 is 2.50 bits per heavy atom. The monoisotopic (exact) mass is 338 g/mol. The van der Waals surface area contributed by atoms with Crippen molar-refractivity contribution in [3.63, 3.8) is 0 Å². The van der Waals surface area contributed by atoms with Gasteiger partial charge in [-0.1, -0.05) is 0 Å². The number of rotatable bonds is 4. The van der Waals surface area contributed by atoms with Crippen LogP contribution in [0.15, 0.2) is 18.5 Å². The molecule has 2 aromatic heterocycles. The number of aromatic nitrogens is 4. The molecule has 124 valence electrons. The van der Waals surface area contributed by atoms with Crippen LogP contribution in [0.25, 0.3) is 0 Å². The number of alkyl halides is 3. The summed E-state index contributed by atoms with van der Waals surface area (Å²) in [6, 6.07) is 3.08. The smallest absolute Gasteiger partial charge is 0.386 e. The molecule has 0 saturated carbocycles. The Labute approximate surface area is 132 Å². The van der Waals surface area contributed by atoms with Gasteiger partial charge >= 0.3 is 6.30 Å². The fraction of sp³-hybridized carbons (Fsp3) is 0.167. The van der Waals surface area contributed by atoms with Crippen LogP contribution in [0, 0.1) is 11.3 Å². The van der Waals surface area contributed by atoms with Crippen molar-refractivity contribution in [2.24, 2.45) is 0 Å². The van der Waals surface area contributed by atoms with Gasteiger partial charge in [0.1, 0.15) is 11.9 Å². The summed E-state index contributed by atoms with van der Waals surface area (Å²) in [6.45, 7) is 0. The fourth-order valence-electron chi connectivity index (χ4n) is 1.58. The molecule has 24 heavy (non-hydrogen) atoms. The number of hydrogen-bond donors (Lipinski definition) is 3. The molecule has 0 aliphatic heterocycles. The first-order chi connectivity index (χ1) is 11.3. The lowest BCUT2D eigenvalue weighted by Gasteiger charge is -2.11. The van der Waals surface area contributed by atoms with Gasteiger partial charge in [-0.2, -0.15) is 18.4 Å². The molecule has 0 spiro atoms. The summed E-state index contributed by atoms with van der Waals surface area (Å²) < 4.78 is 36.6. The maximum Gasteiger partial charge on any atom is 0.484 e. The van der Waals surface area contributed by atoms with E-state index in [0.717, 1.165) is 5.32 Å². The lowest BCUT2D eigenvalue weighted by Crippen LogP contribution is -2.38. The van der Waals surface area contributed by atoms with Crippen LogP contribution in [0.1, 0.15) is 16.2 Å². The average Bonchev–Trinajstić information content (AvgIpc) is 2.53. The van der Waals surface area contributed by atoms with E-state index >= 15 is 0 Å². The summed E-state index contributed by atoms with van der Waals surface area (Å²) in [4.78, 5) is 19.2. The Hall–Kier alpha value is -3.49. The molecule has 0 fully saturated rings. The van der Waals surface area contributed by atoms with Gasteiger partial charge in [-0.25, -0.2) is 9.97 Å². The van der Waals surface area contributed by atoms with Crippen LogP contribution >= 0.6 is 0 Å². The highest BCUT2D eigenvalue weighted by atomic mass is 19.4. The van der Waals surface area contributed by atoms with E-state index < -0.39 is 17.9 Å². The third-order valence-electron chi connectivity index (χ3n) is 2.56. The van der Waals surface area contributed by atoms with Gasteiger partial charge in [0.15, 0.2) is 17.2 Å². The Bertz CT molecular complexity index is 784. The average molecular weight is 338 g/mol. The molecule has 0 atom stereocenters. The second-order valence-corrected chi connectivity index (χ2v) is 4.22. The lowest BCUT2D eigenvalue weighted by molar-refractivity contribution is -0.146. The second-order valence-electron chi connectivity index (χ2n) is 4.22. The van der Waals surface area contributed by atoms with Crippen LogP contribution < -0.4 is 16.0 Å². The molecule has 2 rings (SSSR count). The molecule has 0 radical (unpaired) electrons. The zero-order valence-corrected chi connectivity index (χ0v) is 12.0. The number of hydrogen-bond acceptors (Lipinski definition) is 8. The summed E-state index contributed by atoms with van der Waals surface area (Å²) in [5.74, 6) is -1.09. The van der Waals surface area contributed by atoms with E-state index in [1.54, 1.807) is 6.07 Å². The predicted molar refractivity (Wildman–Crippen MR) is 75.1 cm³/mol. The van der Waals surface area contributed by atoms with E-state index in [4.69, 9.17) is 5.26 Å². The van der Waals surface area contributed by atoms with Crippen molar-refractivity contribution in [1.82, 2.24) is 25.5 Å². The maximum absolute atomic E-state index is 12.2. The predicted octanol–water partition coefficient (Wildman–Crippen LogP) is 1.17. The summed E-state index contributed by atoms with van der Waals surface area (Å²) in [5.41, 5.74) is -0.385. The number of anilines is 3. The number of amides is 1. The first-order valence-electron chi connectivity index (χ1n) is 6.26. The minimum absolute atomic E-state index is 0.0239. The van der Waals surface area contributed by atoms with Crippen LogP contribution in [-0.2, 0) is 0 Å². The van der Waals surface area contributed by atoms with E-state index in [2.05, 4.69) is 30.8 Å². The number of nitriles is 1. The second kappa shape index (κ2) is 6.73. The number of carbonyl (C=O) groups is 1. The molecule has 0 aromatic carbocycles. The molecule has 0 aliphatic carbocycles. The normalized spacial score (nSPS) is 10.6. The Morgan fingerprint density at radius 1 is 1.21 bits per heavy atom. The Morgan fingerprint density at radius 2 is 1.96 bits per heavy atom. The zero-order valence-electron chi connectivity index (χ0n) is 12.0. The van der Waals surface area contributed by atoms with Crippen molar-refractivity contribution in [3.05, 3.63) is 29.8 Å². The molecular weight excluding hydrogens is 329 g/mol. The number of halogens is 3. The van der Waals surface area contributed by atoms with Crippen molar-refractivity contribution in [2.75, 3.05) is 17.7 Å². The minimum Gasteiger partial charge on any atom is -0.386 e. The Balaban J connectivity index is 2.21. The van der Waals surface area contributed by atoms with Crippen LogP contribution in [0.2, 0.25) is 0 Å². The Kier molecular flexibility index (Phi) is 4.73. The molecule has 9 nitrogen and oxygen atoms in total. The van der Waals surface area contributed by atoms with Crippen LogP contribution in [0.5, 0.6) is 0 Å². The molecule has 0 unspecified atom stereocenters. The van der Waals surface area contributed by atoms with E-state index in [9.17, 15) is 18.0 Å². The van der Waals surface area contributed by atoms with Gasteiger partial charge in [0.25, 0.3) is 5.91 Å². The largest absolute Gasteiger partial charge is 0.484 e. The molecule has 12 heteroatoms. The van der Waals surface area contributed by atoms with Crippen molar-refractivity contribution in [3.8, 4) is 6.07 Å². The van der Waals surface area contributed by atoms with Crippen LogP contribution in [0.4, 0.5) is 30.5 Å². The summed E-state index contributed by atoms with van der Waals surface area (Å²) in [7, 11) is 1.41. The minimum atomic E-state index is -4.88. The van der Waals surface area contributed by atoms with E-state index in [0.29, 0.717) is 0 Å². The van der Waals surface area contributed by atoms with Gasteiger partial charge in [0.05, 0.1) is 18.1 Å². The first kappa shape index (κ1) is 16.9. The van der Waals surface area contributed by atoms with Gasteiger partial charge in [0, 0.05) is 13.1 Å². The maximum atomic E-state index is 12.2. The molecule has 0 saturated heterocycles. The van der Waals surface area contributed by atoms with E-state index in [1.807, 2.05) is 0 Å². The van der Waals surface area contributed by atoms with Gasteiger partial charge in [0.2, 0.25) is 0 Å². The van der Waals surface area contributed by atoms with Crippen molar-refractivity contribution in [2.45, 2.75) is 6.30 Å². The van der Waals surface area contributed by atoms with Gasteiger partial charge in [-0.3, -0.25) is 10.1 Å². The molecule has 0 aliphatic rings. The molecule has 2 heterocycles. The highest BCUT2D eigenvalue weighted by Crippen LogP contribution is 2.19. The molecule has 2 aromatic rings. The fourth-order valence-corrected chi connectivity index (χ4v) is 1.58. The zero-order chi connectivity index (χ0) is 17.7.